The molecule has 1 amide bonds. The van der Waals surface area contributed by atoms with E-state index in [0.29, 0.717) is 5.69 Å². The molecule has 0 aliphatic heterocycles. The molecule has 0 saturated carbocycles. The summed E-state index contributed by atoms with van der Waals surface area (Å²) in [7, 11) is 0. The molecule has 0 spiro atoms. The molecule has 0 aromatic heterocycles. The quantitative estimate of drug-likeness (QED) is 0.824. The van der Waals surface area contributed by atoms with Gasteiger partial charge in [0.25, 0.3) is 5.91 Å². The van der Waals surface area contributed by atoms with Crippen molar-refractivity contribution < 1.29 is 9.18 Å². The van der Waals surface area contributed by atoms with E-state index >= 15 is 0 Å². The molecule has 0 aliphatic rings. The third-order valence-electron chi connectivity index (χ3n) is 2.45. The van der Waals surface area contributed by atoms with E-state index in [1.165, 1.54) is 36.4 Å². The molecule has 0 radical (unpaired) electrons. The summed E-state index contributed by atoms with van der Waals surface area (Å²) in [4.78, 5) is 12.1. The molecule has 0 heterocycles. The number of carbonyl (C=O) groups excluding carboxylic acids is 1. The lowest BCUT2D eigenvalue weighted by Crippen LogP contribution is -2.13. The molecule has 0 unspecified atom stereocenters. The Labute approximate surface area is 119 Å². The summed E-state index contributed by atoms with van der Waals surface area (Å²) in [6.07, 6.45) is 0. The Balaban J connectivity index is 2.30. The number of halogens is 3. The number of nitrogen functional groups attached to an aromatic ring is 1. The highest BCUT2D eigenvalue weighted by Crippen LogP contribution is 2.30. The van der Waals surface area contributed by atoms with Crippen molar-refractivity contribution in [1.29, 1.82) is 0 Å². The Morgan fingerprint density at radius 3 is 2.37 bits per heavy atom. The van der Waals surface area contributed by atoms with Crippen molar-refractivity contribution in [1.82, 2.24) is 0 Å². The van der Waals surface area contributed by atoms with Gasteiger partial charge in [0.05, 0.1) is 21.3 Å². The first-order chi connectivity index (χ1) is 8.99. The Hall–Kier alpha value is -1.78. The van der Waals surface area contributed by atoms with Crippen molar-refractivity contribution in [3.63, 3.8) is 0 Å². The zero-order valence-corrected chi connectivity index (χ0v) is 11.1. The third-order valence-corrected chi connectivity index (χ3v) is 3.17. The van der Waals surface area contributed by atoms with Gasteiger partial charge in [0.2, 0.25) is 0 Å². The number of benzene rings is 2. The van der Waals surface area contributed by atoms with E-state index in [2.05, 4.69) is 5.32 Å². The summed E-state index contributed by atoms with van der Waals surface area (Å²) >= 11 is 11.9. The summed E-state index contributed by atoms with van der Waals surface area (Å²) in [5.41, 5.74) is 6.40. The van der Waals surface area contributed by atoms with Gasteiger partial charge in [0.1, 0.15) is 5.82 Å². The van der Waals surface area contributed by atoms with Crippen LogP contribution in [-0.2, 0) is 0 Å². The van der Waals surface area contributed by atoms with Gasteiger partial charge in [-0.3, -0.25) is 4.79 Å². The molecule has 6 heteroatoms. The maximum atomic E-state index is 12.8. The van der Waals surface area contributed by atoms with E-state index in [4.69, 9.17) is 28.9 Å². The van der Waals surface area contributed by atoms with Crippen LogP contribution in [0.1, 0.15) is 10.4 Å². The molecule has 0 saturated heterocycles. The number of anilines is 2. The summed E-state index contributed by atoms with van der Waals surface area (Å²) in [6, 6.07) is 8.33. The second-order valence-electron chi connectivity index (χ2n) is 3.79. The van der Waals surface area contributed by atoms with Gasteiger partial charge >= 0.3 is 0 Å². The maximum Gasteiger partial charge on any atom is 0.258 e. The monoisotopic (exact) mass is 298 g/mol. The van der Waals surface area contributed by atoms with Crippen LogP contribution in [0, 0.1) is 5.82 Å². The highest BCUT2D eigenvalue weighted by molar-refractivity contribution is 6.41. The lowest BCUT2D eigenvalue weighted by Gasteiger charge is -2.10. The zero-order chi connectivity index (χ0) is 14.0. The molecule has 98 valence electrons. The summed E-state index contributed by atoms with van der Waals surface area (Å²) in [5.74, 6) is -0.896. The highest BCUT2D eigenvalue weighted by Gasteiger charge is 2.17. The van der Waals surface area contributed by atoms with Crippen LogP contribution in [0.2, 0.25) is 10.0 Å². The van der Waals surface area contributed by atoms with Crippen molar-refractivity contribution in [3.05, 3.63) is 57.8 Å². The number of amides is 1. The van der Waals surface area contributed by atoms with E-state index in [-0.39, 0.29) is 21.3 Å². The molecular weight excluding hydrogens is 290 g/mol. The van der Waals surface area contributed by atoms with Gasteiger partial charge in [-0.1, -0.05) is 23.2 Å². The van der Waals surface area contributed by atoms with Crippen LogP contribution in [0.25, 0.3) is 0 Å². The first-order valence-corrected chi connectivity index (χ1v) is 6.05. The molecular formula is C13H9Cl2FN2O. The van der Waals surface area contributed by atoms with Crippen LogP contribution in [0.5, 0.6) is 0 Å². The molecule has 2 aromatic rings. The summed E-state index contributed by atoms with van der Waals surface area (Å²) in [6.45, 7) is 0. The number of nitrogens with one attached hydrogen (secondary N) is 1. The minimum atomic E-state index is -0.506. The van der Waals surface area contributed by atoms with Crippen LogP contribution in [0.4, 0.5) is 15.8 Å². The highest BCUT2D eigenvalue weighted by atomic mass is 35.5. The number of hydrogen-bond acceptors (Lipinski definition) is 2. The van der Waals surface area contributed by atoms with Gasteiger partial charge in [-0.15, -0.1) is 0 Å². The molecule has 3 N–H and O–H groups in total. The van der Waals surface area contributed by atoms with Crippen molar-refractivity contribution in [3.8, 4) is 0 Å². The average molecular weight is 299 g/mol. The van der Waals surface area contributed by atoms with Crippen molar-refractivity contribution >= 4 is 40.5 Å². The van der Waals surface area contributed by atoms with E-state index < -0.39 is 11.7 Å². The average Bonchev–Trinajstić information content (AvgIpc) is 2.37. The lowest BCUT2D eigenvalue weighted by molar-refractivity contribution is 0.102. The van der Waals surface area contributed by atoms with Crippen LogP contribution in [0.15, 0.2) is 36.4 Å². The van der Waals surface area contributed by atoms with Crippen LogP contribution >= 0.6 is 23.2 Å². The van der Waals surface area contributed by atoms with Crippen LogP contribution in [0.3, 0.4) is 0 Å². The fourth-order valence-electron chi connectivity index (χ4n) is 1.50. The first-order valence-electron chi connectivity index (χ1n) is 5.29. The molecule has 19 heavy (non-hydrogen) atoms. The van der Waals surface area contributed by atoms with E-state index in [9.17, 15) is 9.18 Å². The van der Waals surface area contributed by atoms with E-state index in [1.54, 1.807) is 0 Å². The normalized spacial score (nSPS) is 10.3. The maximum absolute atomic E-state index is 12.8. The number of hydrogen-bond donors (Lipinski definition) is 2. The molecule has 2 rings (SSSR count). The minimum Gasteiger partial charge on any atom is -0.398 e. The van der Waals surface area contributed by atoms with Crippen molar-refractivity contribution in [2.75, 3.05) is 11.1 Å². The molecule has 0 atom stereocenters. The second-order valence-corrected chi connectivity index (χ2v) is 4.57. The van der Waals surface area contributed by atoms with Crippen LogP contribution in [-0.4, -0.2) is 5.91 Å². The van der Waals surface area contributed by atoms with Gasteiger partial charge in [-0.25, -0.2) is 4.39 Å². The Morgan fingerprint density at radius 1 is 1.11 bits per heavy atom. The first kappa shape index (κ1) is 13.6. The predicted octanol–water partition coefficient (Wildman–Crippen LogP) is 3.97. The second kappa shape index (κ2) is 5.47. The Kier molecular flexibility index (Phi) is 3.93. The Morgan fingerprint density at radius 2 is 1.74 bits per heavy atom. The predicted molar refractivity (Wildman–Crippen MR) is 75.2 cm³/mol. The van der Waals surface area contributed by atoms with E-state index in [0.717, 1.165) is 0 Å². The molecule has 3 nitrogen and oxygen atoms in total. The van der Waals surface area contributed by atoms with Crippen molar-refractivity contribution in [2.24, 2.45) is 0 Å². The SMILES string of the molecule is Nc1ccc(Cl)c(C(=O)Nc2ccc(F)cc2)c1Cl. The zero-order valence-electron chi connectivity index (χ0n) is 9.58. The number of rotatable bonds is 2. The van der Waals surface area contributed by atoms with Gasteiger partial charge in [-0.2, -0.15) is 0 Å². The molecule has 2 aromatic carbocycles. The van der Waals surface area contributed by atoms with Crippen molar-refractivity contribution in [2.45, 2.75) is 0 Å². The van der Waals surface area contributed by atoms with Crippen LogP contribution < -0.4 is 11.1 Å². The minimum absolute atomic E-state index is 0.0899. The largest absolute Gasteiger partial charge is 0.398 e. The molecule has 0 bridgehead atoms. The lowest BCUT2D eigenvalue weighted by atomic mass is 10.1. The van der Waals surface area contributed by atoms with Gasteiger partial charge < -0.3 is 11.1 Å². The van der Waals surface area contributed by atoms with Gasteiger partial charge in [-0.05, 0) is 36.4 Å². The fraction of sp³-hybridized carbons (Fsp3) is 0. The molecule has 0 aliphatic carbocycles. The smallest absolute Gasteiger partial charge is 0.258 e. The summed E-state index contributed by atoms with van der Waals surface area (Å²) < 4.78 is 12.8. The Bertz CT molecular complexity index is 629. The number of nitrogens with two attached hydrogens (primary N) is 1. The summed E-state index contributed by atoms with van der Waals surface area (Å²) in [5, 5.41) is 2.85. The fourth-order valence-corrected chi connectivity index (χ4v) is 2.05. The topological polar surface area (TPSA) is 55.1 Å². The standard InChI is InChI=1S/C13H9Cl2FN2O/c14-9-5-6-10(17)12(15)11(9)13(19)18-8-3-1-7(16)2-4-8/h1-6H,17H2,(H,18,19). The molecule has 0 fully saturated rings. The van der Waals surface area contributed by atoms with E-state index in [1.807, 2.05) is 0 Å². The number of carbonyl (C=O) groups is 1. The van der Waals surface area contributed by atoms with Gasteiger partial charge in [0, 0.05) is 5.69 Å². The van der Waals surface area contributed by atoms with Gasteiger partial charge in [0.15, 0.2) is 0 Å². The third kappa shape index (κ3) is 2.97.